The molecule has 0 aliphatic carbocycles. The topological polar surface area (TPSA) is 161 Å². The molecule has 0 saturated carbocycles. The Morgan fingerprint density at radius 1 is 1.45 bits per heavy atom. The van der Waals surface area contributed by atoms with Gasteiger partial charge in [0.1, 0.15) is 18.3 Å². The second-order valence-electron chi connectivity index (χ2n) is 6.95. The van der Waals surface area contributed by atoms with Crippen molar-refractivity contribution in [2.24, 2.45) is 5.92 Å². The van der Waals surface area contributed by atoms with E-state index in [0.717, 1.165) is 0 Å². The quantitative estimate of drug-likeness (QED) is 0.399. The van der Waals surface area contributed by atoms with E-state index in [-0.39, 0.29) is 35.5 Å². The number of aromatic nitrogens is 4. The van der Waals surface area contributed by atoms with E-state index < -0.39 is 36.7 Å². The third-order valence-corrected chi connectivity index (χ3v) is 4.56. The van der Waals surface area contributed by atoms with Gasteiger partial charge < -0.3 is 24.4 Å². The maximum atomic E-state index is 12.4. The SMILES string of the molecule is COCCOC1C(O)[C@@H](CO)O[C@H]1n1cnc2c(=O)[nH]c(NC(=O)C(C)C)nc21. The molecule has 2 aromatic rings. The van der Waals surface area contributed by atoms with Crippen LogP contribution >= 0.6 is 0 Å². The van der Waals surface area contributed by atoms with Crippen LogP contribution in [0.1, 0.15) is 20.1 Å². The van der Waals surface area contributed by atoms with E-state index in [9.17, 15) is 19.8 Å². The zero-order valence-corrected chi connectivity index (χ0v) is 16.4. The number of H-pyrrole nitrogens is 1. The van der Waals surface area contributed by atoms with Gasteiger partial charge in [-0.1, -0.05) is 13.8 Å². The number of amides is 1. The minimum atomic E-state index is -1.11. The number of aliphatic hydroxyl groups excluding tert-OH is 2. The summed E-state index contributed by atoms with van der Waals surface area (Å²) in [7, 11) is 1.52. The van der Waals surface area contributed by atoms with Gasteiger partial charge in [-0.05, 0) is 0 Å². The van der Waals surface area contributed by atoms with Crippen LogP contribution in [0.3, 0.4) is 0 Å². The van der Waals surface area contributed by atoms with Crippen LogP contribution in [0.2, 0.25) is 0 Å². The fourth-order valence-electron chi connectivity index (χ4n) is 2.97. The van der Waals surface area contributed by atoms with Gasteiger partial charge in [-0.3, -0.25) is 24.5 Å². The largest absolute Gasteiger partial charge is 0.394 e. The lowest BCUT2D eigenvalue weighted by Gasteiger charge is -2.22. The molecule has 3 rings (SSSR count). The standard InChI is InChI=1S/C17H25N5O7/c1-8(2)14(25)20-17-19-13-10(15(26)21-17)18-7-22(13)16-12(28-5-4-27-3)11(24)9(6-23)29-16/h7-9,11-12,16,23-24H,4-6H2,1-3H3,(H2,19,20,21,25,26)/t9-,11?,12?,16-/m1/s1. The molecular formula is C17H25N5O7. The molecule has 0 bridgehead atoms. The van der Waals surface area contributed by atoms with Crippen LogP contribution in [0.25, 0.3) is 11.2 Å². The average Bonchev–Trinajstić information content (AvgIpc) is 3.23. The maximum Gasteiger partial charge on any atom is 0.280 e. The number of aliphatic hydroxyl groups is 2. The number of nitrogens with zero attached hydrogens (tertiary/aromatic N) is 3. The second-order valence-corrected chi connectivity index (χ2v) is 6.95. The minimum absolute atomic E-state index is 0.0305. The predicted octanol–water partition coefficient (Wildman–Crippen LogP) is -1.00. The maximum absolute atomic E-state index is 12.4. The van der Waals surface area contributed by atoms with Crippen molar-refractivity contribution in [1.82, 2.24) is 19.5 Å². The molecule has 160 valence electrons. The molecule has 1 aliphatic rings. The summed E-state index contributed by atoms with van der Waals surface area (Å²) in [5.74, 6) is -0.651. The van der Waals surface area contributed by atoms with Crippen molar-refractivity contribution < 1.29 is 29.2 Å². The molecule has 1 amide bonds. The Kier molecular flexibility index (Phi) is 6.59. The van der Waals surface area contributed by atoms with E-state index in [1.807, 2.05) is 0 Å². The number of rotatable bonds is 8. The molecule has 1 fully saturated rings. The number of carbonyl (C=O) groups is 1. The normalized spacial score (nSPS) is 24.5. The molecule has 3 heterocycles. The molecule has 29 heavy (non-hydrogen) atoms. The fraction of sp³-hybridized carbons (Fsp3) is 0.647. The molecule has 4 N–H and O–H groups in total. The summed E-state index contributed by atoms with van der Waals surface area (Å²) in [6.45, 7) is 3.49. The molecule has 1 aliphatic heterocycles. The summed E-state index contributed by atoms with van der Waals surface area (Å²) in [6.07, 6.45) is -2.40. The van der Waals surface area contributed by atoms with E-state index in [2.05, 4.69) is 20.3 Å². The third-order valence-electron chi connectivity index (χ3n) is 4.56. The first-order chi connectivity index (χ1) is 13.9. The Morgan fingerprint density at radius 2 is 2.21 bits per heavy atom. The van der Waals surface area contributed by atoms with Gasteiger partial charge >= 0.3 is 0 Å². The highest BCUT2D eigenvalue weighted by molar-refractivity contribution is 5.91. The summed E-state index contributed by atoms with van der Waals surface area (Å²) in [5, 5.41) is 22.5. The van der Waals surface area contributed by atoms with Gasteiger partial charge in [0, 0.05) is 13.0 Å². The number of anilines is 1. The van der Waals surface area contributed by atoms with Crippen molar-refractivity contribution >= 4 is 23.0 Å². The van der Waals surface area contributed by atoms with E-state index in [4.69, 9.17) is 14.2 Å². The Hall–Kier alpha value is -2.38. The van der Waals surface area contributed by atoms with Gasteiger partial charge in [-0.25, -0.2) is 4.98 Å². The molecule has 12 heteroatoms. The molecular weight excluding hydrogens is 386 g/mol. The van der Waals surface area contributed by atoms with E-state index >= 15 is 0 Å². The molecule has 4 atom stereocenters. The number of hydrogen-bond donors (Lipinski definition) is 4. The van der Waals surface area contributed by atoms with Crippen LogP contribution in [-0.4, -0.2) is 80.9 Å². The van der Waals surface area contributed by atoms with Gasteiger partial charge in [0.05, 0.1) is 26.1 Å². The minimum Gasteiger partial charge on any atom is -0.394 e. The fourth-order valence-corrected chi connectivity index (χ4v) is 2.97. The summed E-state index contributed by atoms with van der Waals surface area (Å²) in [5.41, 5.74) is -0.362. The van der Waals surface area contributed by atoms with Crippen LogP contribution in [0.5, 0.6) is 0 Å². The summed E-state index contributed by atoms with van der Waals surface area (Å²) in [6, 6.07) is 0. The third kappa shape index (κ3) is 4.31. The summed E-state index contributed by atoms with van der Waals surface area (Å²) in [4.78, 5) is 35.1. The summed E-state index contributed by atoms with van der Waals surface area (Å²) >= 11 is 0. The van der Waals surface area contributed by atoms with Crippen LogP contribution in [0.15, 0.2) is 11.1 Å². The van der Waals surface area contributed by atoms with E-state index in [1.165, 1.54) is 18.0 Å². The zero-order chi connectivity index (χ0) is 21.1. The number of methoxy groups -OCH3 is 1. The number of carbonyl (C=O) groups excluding carboxylic acids is 1. The molecule has 12 nitrogen and oxygen atoms in total. The van der Waals surface area contributed by atoms with Crippen molar-refractivity contribution in [3.05, 3.63) is 16.7 Å². The lowest BCUT2D eigenvalue weighted by molar-refractivity contribution is -0.118. The Balaban J connectivity index is 1.97. The molecule has 2 unspecified atom stereocenters. The Morgan fingerprint density at radius 3 is 2.86 bits per heavy atom. The van der Waals surface area contributed by atoms with Crippen LogP contribution in [-0.2, 0) is 19.0 Å². The monoisotopic (exact) mass is 411 g/mol. The number of hydrogen-bond acceptors (Lipinski definition) is 9. The van der Waals surface area contributed by atoms with Crippen molar-refractivity contribution in [3.63, 3.8) is 0 Å². The Labute approximate surface area is 165 Å². The predicted molar refractivity (Wildman–Crippen MR) is 100 cm³/mol. The van der Waals surface area contributed by atoms with E-state index in [1.54, 1.807) is 13.8 Å². The number of nitrogens with one attached hydrogen (secondary N) is 2. The van der Waals surface area contributed by atoms with Crippen LogP contribution < -0.4 is 10.9 Å². The van der Waals surface area contributed by atoms with Crippen molar-refractivity contribution in [2.45, 2.75) is 38.4 Å². The molecule has 2 aromatic heterocycles. The lowest BCUT2D eigenvalue weighted by atomic mass is 10.1. The first-order valence-electron chi connectivity index (χ1n) is 9.20. The second kappa shape index (κ2) is 8.97. The molecule has 0 spiro atoms. The number of fused-ring (bicyclic) bond motifs is 1. The average molecular weight is 411 g/mol. The molecule has 1 saturated heterocycles. The van der Waals surface area contributed by atoms with Gasteiger partial charge in [0.15, 0.2) is 17.4 Å². The zero-order valence-electron chi connectivity index (χ0n) is 16.4. The van der Waals surface area contributed by atoms with Crippen molar-refractivity contribution in [1.29, 1.82) is 0 Å². The van der Waals surface area contributed by atoms with Crippen LogP contribution in [0.4, 0.5) is 5.95 Å². The first-order valence-corrected chi connectivity index (χ1v) is 9.20. The first kappa shape index (κ1) is 21.3. The van der Waals surface area contributed by atoms with E-state index in [0.29, 0.717) is 6.61 Å². The van der Waals surface area contributed by atoms with Gasteiger partial charge in [0.25, 0.3) is 5.56 Å². The van der Waals surface area contributed by atoms with Crippen molar-refractivity contribution in [2.75, 3.05) is 32.2 Å². The number of ether oxygens (including phenoxy) is 3. The van der Waals surface area contributed by atoms with Crippen molar-refractivity contribution in [3.8, 4) is 0 Å². The van der Waals surface area contributed by atoms with Gasteiger partial charge in [-0.2, -0.15) is 4.98 Å². The highest BCUT2D eigenvalue weighted by Crippen LogP contribution is 2.33. The number of aromatic amines is 1. The number of imidazole rings is 1. The molecule has 0 aromatic carbocycles. The van der Waals surface area contributed by atoms with Gasteiger partial charge in [-0.15, -0.1) is 0 Å². The highest BCUT2D eigenvalue weighted by Gasteiger charge is 2.46. The smallest absolute Gasteiger partial charge is 0.280 e. The van der Waals surface area contributed by atoms with Gasteiger partial charge in [0.2, 0.25) is 11.9 Å². The Bertz CT molecular complexity index is 911. The molecule has 0 radical (unpaired) electrons. The van der Waals surface area contributed by atoms with Crippen LogP contribution in [0, 0.1) is 5.92 Å². The summed E-state index contributed by atoms with van der Waals surface area (Å²) < 4.78 is 17.8. The highest BCUT2D eigenvalue weighted by atomic mass is 16.6. The lowest BCUT2D eigenvalue weighted by Crippen LogP contribution is -2.36.